The molecule has 1 atom stereocenters. The Morgan fingerprint density at radius 3 is 2.57 bits per heavy atom. The molecule has 7 heteroatoms. The van der Waals surface area contributed by atoms with Crippen LogP contribution in [0.25, 0.3) is 11.4 Å². The quantitative estimate of drug-likeness (QED) is 0.457. The second-order valence-corrected chi connectivity index (χ2v) is 7.36. The Bertz CT molecular complexity index is 939. The van der Waals surface area contributed by atoms with E-state index in [0.717, 1.165) is 22.8 Å². The first kappa shape index (κ1) is 19.7. The summed E-state index contributed by atoms with van der Waals surface area (Å²) in [5.41, 5.74) is 1.69. The number of carbonyl (C=O) groups excluding carboxylic acids is 1. The molecule has 0 saturated carbocycles. The fourth-order valence-corrected chi connectivity index (χ4v) is 3.46. The molecule has 144 valence electrons. The van der Waals surface area contributed by atoms with Gasteiger partial charge in [-0.05, 0) is 31.2 Å². The van der Waals surface area contributed by atoms with Gasteiger partial charge in [-0.2, -0.15) is 0 Å². The van der Waals surface area contributed by atoms with Crippen molar-refractivity contribution in [3.05, 3.63) is 67.3 Å². The summed E-state index contributed by atoms with van der Waals surface area (Å²) in [5.74, 6) is 1.39. The number of anilines is 1. The van der Waals surface area contributed by atoms with Crippen LogP contribution in [0.15, 0.2) is 72.4 Å². The van der Waals surface area contributed by atoms with Gasteiger partial charge in [-0.3, -0.25) is 9.36 Å². The molecule has 0 unspecified atom stereocenters. The number of thioether (sulfide) groups is 1. The molecule has 0 aliphatic heterocycles. The van der Waals surface area contributed by atoms with Crippen molar-refractivity contribution in [2.75, 3.05) is 12.4 Å². The van der Waals surface area contributed by atoms with E-state index >= 15 is 0 Å². The number of carbonyl (C=O) groups is 1. The predicted octanol–water partition coefficient (Wildman–Crippen LogP) is 4.26. The average molecular weight is 395 g/mol. The van der Waals surface area contributed by atoms with Crippen LogP contribution in [-0.4, -0.2) is 33.0 Å². The van der Waals surface area contributed by atoms with Crippen LogP contribution in [0.2, 0.25) is 0 Å². The topological polar surface area (TPSA) is 69.0 Å². The van der Waals surface area contributed by atoms with Gasteiger partial charge in [0.25, 0.3) is 0 Å². The Morgan fingerprint density at radius 1 is 1.21 bits per heavy atom. The molecule has 6 nitrogen and oxygen atoms in total. The van der Waals surface area contributed by atoms with Crippen LogP contribution >= 0.6 is 11.8 Å². The van der Waals surface area contributed by atoms with Crippen molar-refractivity contribution in [2.45, 2.75) is 23.9 Å². The van der Waals surface area contributed by atoms with Crippen LogP contribution in [0.5, 0.6) is 5.75 Å². The van der Waals surface area contributed by atoms with Gasteiger partial charge in [0.2, 0.25) is 5.91 Å². The van der Waals surface area contributed by atoms with E-state index in [2.05, 4.69) is 22.1 Å². The fourth-order valence-electron chi connectivity index (χ4n) is 2.60. The van der Waals surface area contributed by atoms with Crippen LogP contribution in [0, 0.1) is 0 Å². The van der Waals surface area contributed by atoms with Gasteiger partial charge in [-0.15, -0.1) is 16.8 Å². The second kappa shape index (κ2) is 9.23. The third kappa shape index (κ3) is 4.61. The molecule has 0 spiro atoms. The van der Waals surface area contributed by atoms with Crippen LogP contribution in [0.1, 0.15) is 6.92 Å². The summed E-state index contributed by atoms with van der Waals surface area (Å²) < 4.78 is 7.10. The number of ether oxygens (including phenoxy) is 1. The third-order valence-corrected chi connectivity index (χ3v) is 5.15. The first-order valence-electron chi connectivity index (χ1n) is 8.83. The minimum Gasteiger partial charge on any atom is -0.497 e. The van der Waals surface area contributed by atoms with Crippen LogP contribution in [0.4, 0.5) is 5.69 Å². The number of rotatable bonds is 8. The first-order valence-corrected chi connectivity index (χ1v) is 9.71. The summed E-state index contributed by atoms with van der Waals surface area (Å²) in [6.45, 7) is 6.23. The molecule has 0 aliphatic rings. The molecule has 1 aromatic heterocycles. The van der Waals surface area contributed by atoms with Gasteiger partial charge >= 0.3 is 0 Å². The zero-order valence-electron chi connectivity index (χ0n) is 15.8. The van der Waals surface area contributed by atoms with E-state index in [-0.39, 0.29) is 11.2 Å². The molecule has 28 heavy (non-hydrogen) atoms. The highest BCUT2D eigenvalue weighted by atomic mass is 32.2. The maximum Gasteiger partial charge on any atom is 0.237 e. The highest BCUT2D eigenvalue weighted by Crippen LogP contribution is 2.27. The van der Waals surface area contributed by atoms with Crippen LogP contribution < -0.4 is 10.1 Å². The normalized spacial score (nSPS) is 11.6. The van der Waals surface area contributed by atoms with E-state index < -0.39 is 0 Å². The molecule has 2 aromatic carbocycles. The van der Waals surface area contributed by atoms with Crippen molar-refractivity contribution in [3.63, 3.8) is 0 Å². The number of methoxy groups -OCH3 is 1. The first-order chi connectivity index (χ1) is 13.6. The Hall–Kier alpha value is -3.06. The lowest BCUT2D eigenvalue weighted by atomic mass is 10.2. The lowest BCUT2D eigenvalue weighted by molar-refractivity contribution is -0.115. The van der Waals surface area contributed by atoms with Crippen molar-refractivity contribution in [3.8, 4) is 17.1 Å². The maximum atomic E-state index is 12.6. The standard InChI is InChI=1S/C21H22N4O2S/c1-4-14-25-19(16-8-6-5-7-9-16)23-24-21(25)28-15(2)20(26)22-17-10-12-18(27-3)13-11-17/h4-13,15H,1,14H2,2-3H3,(H,22,26)/t15-/m0/s1. The molecular weight excluding hydrogens is 372 g/mol. The second-order valence-electron chi connectivity index (χ2n) is 6.05. The summed E-state index contributed by atoms with van der Waals surface area (Å²) in [7, 11) is 1.61. The zero-order chi connectivity index (χ0) is 19.9. The fraction of sp³-hybridized carbons (Fsp3) is 0.190. The summed E-state index contributed by atoms with van der Waals surface area (Å²) in [5, 5.41) is 11.9. The summed E-state index contributed by atoms with van der Waals surface area (Å²) in [4.78, 5) is 12.6. The number of hydrogen-bond donors (Lipinski definition) is 1. The summed E-state index contributed by atoms with van der Waals surface area (Å²) in [6, 6.07) is 17.1. The zero-order valence-corrected chi connectivity index (χ0v) is 16.6. The van der Waals surface area contributed by atoms with Gasteiger partial charge in [-0.1, -0.05) is 48.2 Å². The van der Waals surface area contributed by atoms with E-state index in [1.165, 1.54) is 11.8 Å². The van der Waals surface area contributed by atoms with Crippen molar-refractivity contribution in [2.24, 2.45) is 0 Å². The molecule has 0 radical (unpaired) electrons. The highest BCUT2D eigenvalue weighted by molar-refractivity contribution is 8.00. The number of amides is 1. The van der Waals surface area contributed by atoms with Gasteiger partial charge in [-0.25, -0.2) is 0 Å². The largest absolute Gasteiger partial charge is 0.497 e. The summed E-state index contributed by atoms with van der Waals surface area (Å²) in [6.07, 6.45) is 1.79. The van der Waals surface area contributed by atoms with E-state index in [1.54, 1.807) is 25.3 Å². The smallest absolute Gasteiger partial charge is 0.237 e. The Morgan fingerprint density at radius 2 is 1.93 bits per heavy atom. The molecule has 3 aromatic rings. The molecule has 0 fully saturated rings. The SMILES string of the molecule is C=CCn1c(S[C@@H](C)C(=O)Nc2ccc(OC)cc2)nnc1-c1ccccc1. The maximum absolute atomic E-state index is 12.6. The Labute approximate surface area is 168 Å². The molecule has 1 amide bonds. The lowest BCUT2D eigenvalue weighted by Gasteiger charge is -2.13. The van der Waals surface area contributed by atoms with Gasteiger partial charge in [0.15, 0.2) is 11.0 Å². The minimum atomic E-state index is -0.349. The number of nitrogens with zero attached hydrogens (tertiary/aromatic N) is 3. The van der Waals surface area contributed by atoms with Gasteiger partial charge < -0.3 is 10.1 Å². The number of aromatic nitrogens is 3. The Kier molecular flexibility index (Phi) is 6.49. The van der Waals surface area contributed by atoms with Gasteiger partial charge in [0.1, 0.15) is 5.75 Å². The molecule has 3 rings (SSSR count). The molecule has 0 saturated heterocycles. The van der Waals surface area contributed by atoms with E-state index in [1.807, 2.05) is 54.0 Å². The predicted molar refractivity (Wildman–Crippen MR) is 113 cm³/mol. The van der Waals surface area contributed by atoms with Gasteiger partial charge in [0.05, 0.1) is 12.4 Å². The molecular formula is C21H22N4O2S. The number of hydrogen-bond acceptors (Lipinski definition) is 5. The van der Waals surface area contributed by atoms with Crippen LogP contribution in [-0.2, 0) is 11.3 Å². The number of benzene rings is 2. The van der Waals surface area contributed by atoms with Crippen molar-refractivity contribution in [1.82, 2.24) is 14.8 Å². The molecule has 0 bridgehead atoms. The monoisotopic (exact) mass is 394 g/mol. The lowest BCUT2D eigenvalue weighted by Crippen LogP contribution is -2.23. The highest BCUT2D eigenvalue weighted by Gasteiger charge is 2.20. The summed E-state index contributed by atoms with van der Waals surface area (Å²) >= 11 is 1.37. The van der Waals surface area contributed by atoms with E-state index in [0.29, 0.717) is 11.7 Å². The molecule has 1 heterocycles. The average Bonchev–Trinajstić information content (AvgIpc) is 3.11. The van der Waals surface area contributed by atoms with Crippen molar-refractivity contribution >= 4 is 23.4 Å². The van der Waals surface area contributed by atoms with Crippen molar-refractivity contribution < 1.29 is 9.53 Å². The van der Waals surface area contributed by atoms with Crippen LogP contribution in [0.3, 0.4) is 0 Å². The molecule has 1 N–H and O–H groups in total. The number of allylic oxidation sites excluding steroid dienone is 1. The number of nitrogens with one attached hydrogen (secondary N) is 1. The third-order valence-electron chi connectivity index (χ3n) is 4.07. The minimum absolute atomic E-state index is 0.107. The molecule has 0 aliphatic carbocycles. The van der Waals surface area contributed by atoms with Gasteiger partial charge in [0, 0.05) is 17.8 Å². The van der Waals surface area contributed by atoms with E-state index in [4.69, 9.17) is 4.74 Å². The Balaban J connectivity index is 1.73. The van der Waals surface area contributed by atoms with Crippen molar-refractivity contribution in [1.29, 1.82) is 0 Å². The van der Waals surface area contributed by atoms with E-state index in [9.17, 15) is 4.79 Å².